The predicted molar refractivity (Wildman–Crippen MR) is 68.3 cm³/mol. The second-order valence-corrected chi connectivity index (χ2v) is 5.65. The molecule has 82 valence electrons. The van der Waals surface area contributed by atoms with Crippen molar-refractivity contribution in [2.75, 3.05) is 12.3 Å². The average Bonchev–Trinajstić information content (AvgIpc) is 2.24. The summed E-state index contributed by atoms with van der Waals surface area (Å²) in [7, 11) is 0. The maximum absolute atomic E-state index is 3.62. The first-order chi connectivity index (χ1) is 7.18. The summed E-state index contributed by atoms with van der Waals surface area (Å²) >= 11 is 2.04. The van der Waals surface area contributed by atoms with E-state index in [1.807, 2.05) is 11.8 Å². The second kappa shape index (κ2) is 4.58. The van der Waals surface area contributed by atoms with Gasteiger partial charge < -0.3 is 5.32 Å². The molecule has 2 atom stereocenters. The lowest BCUT2D eigenvalue weighted by molar-refractivity contribution is 0.528. The van der Waals surface area contributed by atoms with Crippen LogP contribution in [0.1, 0.15) is 29.0 Å². The molecule has 1 aromatic carbocycles. The van der Waals surface area contributed by atoms with Crippen LogP contribution < -0.4 is 5.32 Å². The molecule has 2 rings (SSSR count). The smallest absolute Gasteiger partial charge is 0.0792 e. The van der Waals surface area contributed by atoms with Crippen LogP contribution in [-0.4, -0.2) is 12.3 Å². The zero-order valence-electron chi connectivity index (χ0n) is 9.71. The number of thioether (sulfide) groups is 1. The van der Waals surface area contributed by atoms with Crippen LogP contribution in [0.25, 0.3) is 0 Å². The fourth-order valence-electron chi connectivity index (χ4n) is 1.94. The molecule has 0 bridgehead atoms. The van der Waals surface area contributed by atoms with Crippen LogP contribution in [0.4, 0.5) is 0 Å². The van der Waals surface area contributed by atoms with Crippen LogP contribution in [-0.2, 0) is 0 Å². The molecule has 2 unspecified atom stereocenters. The largest absolute Gasteiger partial charge is 0.301 e. The third kappa shape index (κ3) is 2.37. The van der Waals surface area contributed by atoms with E-state index in [1.54, 1.807) is 0 Å². The van der Waals surface area contributed by atoms with Gasteiger partial charge in [-0.3, -0.25) is 0 Å². The Morgan fingerprint density at radius 3 is 2.80 bits per heavy atom. The quantitative estimate of drug-likeness (QED) is 0.781. The highest BCUT2D eigenvalue weighted by atomic mass is 32.2. The highest BCUT2D eigenvalue weighted by Gasteiger charge is 2.20. The topological polar surface area (TPSA) is 12.0 Å². The predicted octanol–water partition coefficient (Wildman–Crippen LogP) is 3.27. The summed E-state index contributed by atoms with van der Waals surface area (Å²) in [6, 6.07) is 6.61. The number of hydrogen-bond acceptors (Lipinski definition) is 2. The van der Waals surface area contributed by atoms with Crippen molar-refractivity contribution in [1.29, 1.82) is 0 Å². The van der Waals surface area contributed by atoms with Gasteiger partial charge in [-0.1, -0.05) is 25.1 Å². The van der Waals surface area contributed by atoms with Crippen LogP contribution >= 0.6 is 11.8 Å². The minimum atomic E-state index is 0.501. The van der Waals surface area contributed by atoms with Gasteiger partial charge in [0.15, 0.2) is 0 Å². The Hall–Kier alpha value is -0.470. The van der Waals surface area contributed by atoms with Gasteiger partial charge in [-0.25, -0.2) is 0 Å². The molecule has 0 saturated carbocycles. The number of aryl methyl sites for hydroxylation is 1. The molecule has 1 nitrogen and oxygen atoms in total. The van der Waals surface area contributed by atoms with Crippen molar-refractivity contribution in [2.45, 2.75) is 26.1 Å². The molecule has 0 amide bonds. The monoisotopic (exact) mass is 221 g/mol. The molecular formula is C13H19NS. The highest BCUT2D eigenvalue weighted by Crippen LogP contribution is 2.33. The van der Waals surface area contributed by atoms with Crippen molar-refractivity contribution in [1.82, 2.24) is 5.32 Å². The van der Waals surface area contributed by atoms with Crippen LogP contribution in [0.15, 0.2) is 18.2 Å². The summed E-state index contributed by atoms with van der Waals surface area (Å²) in [5, 5.41) is 4.12. The van der Waals surface area contributed by atoms with E-state index >= 15 is 0 Å². The molecule has 0 aromatic heterocycles. The SMILES string of the molecule is Cc1cccc(C2NCC(C)CS2)c1C. The van der Waals surface area contributed by atoms with Gasteiger partial charge in [0.25, 0.3) is 0 Å². The third-order valence-electron chi connectivity index (χ3n) is 3.13. The third-order valence-corrected chi connectivity index (χ3v) is 4.64. The first-order valence-corrected chi connectivity index (χ1v) is 6.64. The van der Waals surface area contributed by atoms with Crippen molar-refractivity contribution in [3.8, 4) is 0 Å². The fraction of sp³-hybridized carbons (Fsp3) is 0.538. The molecule has 1 aliphatic rings. The van der Waals surface area contributed by atoms with Gasteiger partial charge in [-0.05, 0) is 48.8 Å². The zero-order chi connectivity index (χ0) is 10.8. The number of nitrogens with one attached hydrogen (secondary N) is 1. The van der Waals surface area contributed by atoms with E-state index in [0.717, 1.165) is 12.5 Å². The van der Waals surface area contributed by atoms with E-state index in [-0.39, 0.29) is 0 Å². The summed E-state index contributed by atoms with van der Waals surface area (Å²) in [6.45, 7) is 7.87. The summed E-state index contributed by atoms with van der Waals surface area (Å²) < 4.78 is 0. The summed E-state index contributed by atoms with van der Waals surface area (Å²) in [5.74, 6) is 2.07. The number of rotatable bonds is 1. The molecule has 1 aromatic rings. The van der Waals surface area contributed by atoms with Gasteiger partial charge in [0.1, 0.15) is 0 Å². The minimum absolute atomic E-state index is 0.501. The Balaban J connectivity index is 2.19. The Bertz CT molecular complexity index is 340. The second-order valence-electron chi connectivity index (χ2n) is 4.52. The molecular weight excluding hydrogens is 202 g/mol. The fourth-order valence-corrected chi connectivity index (χ4v) is 3.23. The Labute approximate surface area is 96.7 Å². The first-order valence-electron chi connectivity index (χ1n) is 5.59. The van der Waals surface area contributed by atoms with E-state index in [0.29, 0.717) is 5.37 Å². The van der Waals surface area contributed by atoms with Gasteiger partial charge in [0.05, 0.1) is 5.37 Å². The molecule has 0 spiro atoms. The van der Waals surface area contributed by atoms with E-state index in [1.165, 1.54) is 22.4 Å². The standard InChI is InChI=1S/C13H19NS/c1-9-7-14-13(15-8-9)12-6-4-5-10(2)11(12)3/h4-6,9,13-14H,7-8H2,1-3H3. The molecule has 1 fully saturated rings. The first kappa shape index (κ1) is 11.0. The lowest BCUT2D eigenvalue weighted by atomic mass is 10.0. The van der Waals surface area contributed by atoms with Crippen LogP contribution in [0.5, 0.6) is 0 Å². The maximum Gasteiger partial charge on any atom is 0.0792 e. The molecule has 0 aliphatic carbocycles. The Morgan fingerprint density at radius 1 is 1.33 bits per heavy atom. The summed E-state index contributed by atoms with van der Waals surface area (Å²) in [6.07, 6.45) is 0. The van der Waals surface area contributed by atoms with Gasteiger partial charge in [0, 0.05) is 0 Å². The van der Waals surface area contributed by atoms with Crippen molar-refractivity contribution in [2.24, 2.45) is 5.92 Å². The number of hydrogen-bond donors (Lipinski definition) is 1. The van der Waals surface area contributed by atoms with E-state index in [9.17, 15) is 0 Å². The summed E-state index contributed by atoms with van der Waals surface area (Å²) in [5.41, 5.74) is 4.30. The van der Waals surface area contributed by atoms with Crippen molar-refractivity contribution in [3.63, 3.8) is 0 Å². The maximum atomic E-state index is 3.62. The van der Waals surface area contributed by atoms with Gasteiger partial charge in [0.2, 0.25) is 0 Å². The van der Waals surface area contributed by atoms with Gasteiger partial charge in [-0.15, -0.1) is 11.8 Å². The molecule has 1 aliphatic heterocycles. The van der Waals surface area contributed by atoms with Crippen molar-refractivity contribution >= 4 is 11.8 Å². The lowest BCUT2D eigenvalue weighted by Crippen LogP contribution is -2.31. The number of benzene rings is 1. The van der Waals surface area contributed by atoms with E-state index < -0.39 is 0 Å². The summed E-state index contributed by atoms with van der Waals surface area (Å²) in [4.78, 5) is 0. The van der Waals surface area contributed by atoms with Crippen LogP contribution in [0.3, 0.4) is 0 Å². The van der Waals surface area contributed by atoms with E-state index in [4.69, 9.17) is 0 Å². The molecule has 2 heteroatoms. The van der Waals surface area contributed by atoms with Crippen LogP contribution in [0, 0.1) is 19.8 Å². The normalized spacial score (nSPS) is 26.6. The van der Waals surface area contributed by atoms with Crippen molar-refractivity contribution in [3.05, 3.63) is 34.9 Å². The zero-order valence-corrected chi connectivity index (χ0v) is 10.5. The van der Waals surface area contributed by atoms with Gasteiger partial charge >= 0.3 is 0 Å². The molecule has 1 N–H and O–H groups in total. The molecule has 1 heterocycles. The molecule has 1 saturated heterocycles. The Morgan fingerprint density at radius 2 is 2.13 bits per heavy atom. The molecule has 15 heavy (non-hydrogen) atoms. The average molecular weight is 221 g/mol. The lowest BCUT2D eigenvalue weighted by Gasteiger charge is -2.29. The minimum Gasteiger partial charge on any atom is -0.301 e. The highest BCUT2D eigenvalue weighted by molar-refractivity contribution is 7.99. The molecule has 0 radical (unpaired) electrons. The Kier molecular flexibility index (Phi) is 3.37. The van der Waals surface area contributed by atoms with Crippen molar-refractivity contribution < 1.29 is 0 Å². The van der Waals surface area contributed by atoms with E-state index in [2.05, 4.69) is 44.3 Å². The van der Waals surface area contributed by atoms with Crippen LogP contribution in [0.2, 0.25) is 0 Å². The van der Waals surface area contributed by atoms with Gasteiger partial charge in [-0.2, -0.15) is 0 Å².